The monoisotopic (exact) mass is 476 g/mol. The maximum absolute atomic E-state index is 12.9. The fourth-order valence-electron chi connectivity index (χ4n) is 2.94. The van der Waals surface area contributed by atoms with E-state index in [1.807, 2.05) is 28.8 Å². The molecule has 1 atom stereocenters. The standard InChI is InChI=1S/C19H16Cl4N2O2S/c1-2-11-25-12-16(15-5-3-4-6-17(15)25)18(19(21,22)23)24-28(26,27)14-9-7-13(20)8-10-14/h2-10,12,18,24H,1,11H2. The molecule has 2 aromatic carbocycles. The van der Waals surface area contributed by atoms with Gasteiger partial charge >= 0.3 is 0 Å². The van der Waals surface area contributed by atoms with Gasteiger partial charge in [-0.25, -0.2) is 8.42 Å². The van der Waals surface area contributed by atoms with Crippen molar-refractivity contribution >= 4 is 67.3 Å². The molecule has 1 aromatic heterocycles. The number of fused-ring (bicyclic) bond motifs is 1. The number of halogens is 4. The summed E-state index contributed by atoms with van der Waals surface area (Å²) in [5.41, 5.74) is 1.43. The molecule has 0 aliphatic rings. The van der Waals surface area contributed by atoms with Crippen LogP contribution >= 0.6 is 46.4 Å². The van der Waals surface area contributed by atoms with Gasteiger partial charge in [0, 0.05) is 28.7 Å². The van der Waals surface area contributed by atoms with Crippen molar-refractivity contribution in [2.45, 2.75) is 21.3 Å². The van der Waals surface area contributed by atoms with E-state index >= 15 is 0 Å². The minimum Gasteiger partial charge on any atom is -0.343 e. The van der Waals surface area contributed by atoms with Gasteiger partial charge in [-0.15, -0.1) is 6.58 Å². The summed E-state index contributed by atoms with van der Waals surface area (Å²) in [4.78, 5) is 0.0194. The minimum absolute atomic E-state index is 0.0194. The third-order valence-corrected chi connectivity index (χ3v) is 6.53. The smallest absolute Gasteiger partial charge is 0.241 e. The Kier molecular flexibility index (Phi) is 6.35. The molecule has 0 aliphatic heterocycles. The summed E-state index contributed by atoms with van der Waals surface area (Å²) in [5, 5.41) is 1.20. The molecule has 0 aliphatic carbocycles. The first-order valence-corrected chi connectivity index (χ1v) is 11.2. The van der Waals surface area contributed by atoms with Crippen LogP contribution in [0, 0.1) is 0 Å². The Morgan fingerprint density at radius 1 is 1.11 bits per heavy atom. The zero-order valence-electron chi connectivity index (χ0n) is 14.4. The van der Waals surface area contributed by atoms with Crippen molar-refractivity contribution in [3.05, 3.63) is 78.0 Å². The third-order valence-electron chi connectivity index (χ3n) is 4.18. The summed E-state index contributed by atoms with van der Waals surface area (Å²) in [7, 11) is -3.97. The van der Waals surface area contributed by atoms with Gasteiger partial charge in [-0.3, -0.25) is 0 Å². The van der Waals surface area contributed by atoms with E-state index in [2.05, 4.69) is 11.3 Å². The lowest BCUT2D eigenvalue weighted by atomic mass is 10.1. The lowest BCUT2D eigenvalue weighted by Gasteiger charge is -2.25. The van der Waals surface area contributed by atoms with Gasteiger partial charge in [0.15, 0.2) is 0 Å². The first-order chi connectivity index (χ1) is 13.1. The van der Waals surface area contributed by atoms with E-state index in [1.54, 1.807) is 12.3 Å². The number of rotatable bonds is 6. The molecule has 0 fully saturated rings. The van der Waals surface area contributed by atoms with Crippen molar-refractivity contribution in [1.29, 1.82) is 0 Å². The van der Waals surface area contributed by atoms with Crippen LogP contribution in [0.15, 0.2) is 72.3 Å². The molecule has 1 N–H and O–H groups in total. The van der Waals surface area contributed by atoms with Crippen molar-refractivity contribution in [2.24, 2.45) is 0 Å². The number of nitrogens with one attached hydrogen (secondary N) is 1. The number of hydrogen-bond acceptors (Lipinski definition) is 2. The molecule has 0 spiro atoms. The van der Waals surface area contributed by atoms with E-state index < -0.39 is 19.9 Å². The van der Waals surface area contributed by atoms with Crippen molar-refractivity contribution in [3.63, 3.8) is 0 Å². The summed E-state index contributed by atoms with van der Waals surface area (Å²) >= 11 is 24.4. The Hall–Kier alpha value is -1.21. The van der Waals surface area contributed by atoms with Crippen LogP contribution in [0.1, 0.15) is 11.6 Å². The van der Waals surface area contributed by atoms with Gasteiger partial charge in [-0.2, -0.15) is 4.72 Å². The highest BCUT2D eigenvalue weighted by molar-refractivity contribution is 7.89. The maximum Gasteiger partial charge on any atom is 0.241 e. The van der Waals surface area contributed by atoms with Crippen molar-refractivity contribution in [3.8, 4) is 0 Å². The summed E-state index contributed by atoms with van der Waals surface area (Å²) in [6, 6.07) is 12.1. The molecule has 0 saturated heterocycles. The highest BCUT2D eigenvalue weighted by Crippen LogP contribution is 2.43. The van der Waals surface area contributed by atoms with Gasteiger partial charge in [-0.05, 0) is 35.9 Å². The summed E-state index contributed by atoms with van der Waals surface area (Å²) in [6.45, 7) is 4.28. The molecule has 3 rings (SSSR count). The number of allylic oxidation sites excluding steroid dienone is 1. The largest absolute Gasteiger partial charge is 0.343 e. The van der Waals surface area contributed by atoms with E-state index in [0.29, 0.717) is 17.1 Å². The molecule has 4 nitrogen and oxygen atoms in total. The Labute approximate surface area is 183 Å². The van der Waals surface area contributed by atoms with Crippen LogP contribution in [0.2, 0.25) is 5.02 Å². The second-order valence-electron chi connectivity index (χ2n) is 6.09. The minimum atomic E-state index is -3.97. The van der Waals surface area contributed by atoms with Gasteiger partial charge in [0.2, 0.25) is 13.8 Å². The first kappa shape index (κ1) is 21.5. The Morgan fingerprint density at radius 3 is 2.36 bits per heavy atom. The summed E-state index contributed by atoms with van der Waals surface area (Å²) in [6.07, 6.45) is 3.50. The fraction of sp³-hybridized carbons (Fsp3) is 0.158. The molecule has 28 heavy (non-hydrogen) atoms. The lowest BCUT2D eigenvalue weighted by Crippen LogP contribution is -2.36. The van der Waals surface area contributed by atoms with Crippen LogP contribution in [0.25, 0.3) is 10.9 Å². The second kappa shape index (κ2) is 8.27. The van der Waals surface area contributed by atoms with Gasteiger partial charge in [-0.1, -0.05) is 70.7 Å². The van der Waals surface area contributed by atoms with E-state index in [1.165, 1.54) is 24.3 Å². The number of para-hydroxylation sites is 1. The maximum atomic E-state index is 12.9. The van der Waals surface area contributed by atoms with Gasteiger partial charge in [0.25, 0.3) is 0 Å². The van der Waals surface area contributed by atoms with Crippen LogP contribution in [0.5, 0.6) is 0 Å². The topological polar surface area (TPSA) is 51.1 Å². The molecular weight excluding hydrogens is 462 g/mol. The SMILES string of the molecule is C=CCn1cc(C(NS(=O)(=O)c2ccc(Cl)cc2)C(Cl)(Cl)Cl)c2ccccc21. The predicted octanol–water partition coefficient (Wildman–Crippen LogP) is 5.87. The van der Waals surface area contributed by atoms with Crippen LogP contribution in [-0.4, -0.2) is 16.8 Å². The quantitative estimate of drug-likeness (QED) is 0.356. The number of hydrogen-bond donors (Lipinski definition) is 1. The van der Waals surface area contributed by atoms with Crippen molar-refractivity contribution < 1.29 is 8.42 Å². The number of alkyl halides is 3. The molecule has 0 bridgehead atoms. The zero-order valence-corrected chi connectivity index (χ0v) is 18.3. The molecule has 0 amide bonds. The van der Waals surface area contributed by atoms with Gasteiger partial charge < -0.3 is 4.57 Å². The van der Waals surface area contributed by atoms with E-state index in [9.17, 15) is 8.42 Å². The van der Waals surface area contributed by atoms with Gasteiger partial charge in [0.05, 0.1) is 10.9 Å². The Bertz CT molecular complexity index is 1100. The van der Waals surface area contributed by atoms with Crippen molar-refractivity contribution in [1.82, 2.24) is 9.29 Å². The number of sulfonamides is 1. The molecule has 3 aromatic rings. The number of benzene rings is 2. The van der Waals surface area contributed by atoms with E-state index in [-0.39, 0.29) is 4.90 Å². The zero-order chi connectivity index (χ0) is 20.5. The van der Waals surface area contributed by atoms with Crippen LogP contribution in [0.3, 0.4) is 0 Å². The number of aromatic nitrogens is 1. The normalized spacial score (nSPS) is 13.6. The molecule has 1 heterocycles. The molecule has 148 valence electrons. The predicted molar refractivity (Wildman–Crippen MR) is 117 cm³/mol. The Morgan fingerprint density at radius 2 is 1.75 bits per heavy atom. The molecule has 1 unspecified atom stereocenters. The fourth-order valence-corrected chi connectivity index (χ4v) is 5.02. The molecule has 0 saturated carbocycles. The molecule has 9 heteroatoms. The average molecular weight is 478 g/mol. The van der Waals surface area contributed by atoms with Crippen molar-refractivity contribution in [2.75, 3.05) is 0 Å². The van der Waals surface area contributed by atoms with Crippen LogP contribution in [0.4, 0.5) is 0 Å². The third kappa shape index (κ3) is 4.51. The highest BCUT2D eigenvalue weighted by Gasteiger charge is 2.39. The lowest BCUT2D eigenvalue weighted by molar-refractivity contribution is 0.559. The van der Waals surface area contributed by atoms with Gasteiger partial charge in [0.1, 0.15) is 0 Å². The van der Waals surface area contributed by atoms with Crippen LogP contribution < -0.4 is 4.72 Å². The van der Waals surface area contributed by atoms with E-state index in [0.717, 1.165) is 10.9 Å². The van der Waals surface area contributed by atoms with E-state index in [4.69, 9.17) is 46.4 Å². The second-order valence-corrected chi connectivity index (χ2v) is 10.6. The number of nitrogens with zero attached hydrogens (tertiary/aromatic N) is 1. The first-order valence-electron chi connectivity index (χ1n) is 8.17. The average Bonchev–Trinajstić information content (AvgIpc) is 2.98. The molecular formula is C19H16Cl4N2O2S. The summed E-state index contributed by atoms with van der Waals surface area (Å²) in [5.74, 6) is 0. The molecule has 0 radical (unpaired) electrons. The highest BCUT2D eigenvalue weighted by atomic mass is 35.6. The Balaban J connectivity index is 2.11. The summed E-state index contributed by atoms with van der Waals surface area (Å²) < 4.78 is 28.3. The van der Waals surface area contributed by atoms with Crippen LogP contribution in [-0.2, 0) is 16.6 Å².